The molecular formula is C11H11F4NO4. The van der Waals surface area contributed by atoms with Crippen LogP contribution in [0.2, 0.25) is 0 Å². The fourth-order valence-corrected chi connectivity index (χ4v) is 1.39. The highest BCUT2D eigenvalue weighted by molar-refractivity contribution is 5.73. The summed E-state index contributed by atoms with van der Waals surface area (Å²) in [6.45, 7) is -1.07. The maximum Gasteiger partial charge on any atom is 0.573 e. The number of halogens is 4. The van der Waals surface area contributed by atoms with Crippen LogP contribution < -0.4 is 9.47 Å². The second kappa shape index (κ2) is 6.40. The summed E-state index contributed by atoms with van der Waals surface area (Å²) in [5, 5.41) is 0. The van der Waals surface area contributed by atoms with Gasteiger partial charge >= 0.3 is 12.3 Å². The second-order valence-electron chi connectivity index (χ2n) is 3.54. The number of hydrogen-bond donors (Lipinski definition) is 0. The molecule has 0 amide bonds. The van der Waals surface area contributed by atoms with Crippen molar-refractivity contribution < 1.29 is 36.6 Å². The zero-order valence-electron chi connectivity index (χ0n) is 10.6. The highest BCUT2D eigenvalue weighted by Gasteiger charge is 2.33. The molecule has 1 aromatic heterocycles. The molecule has 1 rings (SSSR count). The Hall–Kier alpha value is -2.06. The summed E-state index contributed by atoms with van der Waals surface area (Å²) in [4.78, 5) is 14.7. The van der Waals surface area contributed by atoms with Gasteiger partial charge in [0.15, 0.2) is 5.75 Å². The SMILES string of the molecule is COC(=O)Cc1cc(OC(F)(F)F)c(OC)nc1CF. The van der Waals surface area contributed by atoms with E-state index in [-0.39, 0.29) is 11.3 Å². The Balaban J connectivity index is 3.22. The van der Waals surface area contributed by atoms with Gasteiger partial charge in [-0.15, -0.1) is 13.2 Å². The number of hydrogen-bond acceptors (Lipinski definition) is 5. The van der Waals surface area contributed by atoms with Crippen molar-refractivity contribution in [2.45, 2.75) is 19.5 Å². The smallest absolute Gasteiger partial charge is 0.478 e. The first kappa shape index (κ1) is 16.0. The number of alkyl halides is 4. The molecule has 0 saturated heterocycles. The molecule has 0 aliphatic heterocycles. The van der Waals surface area contributed by atoms with Crippen LogP contribution >= 0.6 is 0 Å². The molecule has 0 aromatic carbocycles. The predicted molar refractivity (Wildman–Crippen MR) is 58.0 cm³/mol. The quantitative estimate of drug-likeness (QED) is 0.616. The number of esters is 1. The zero-order valence-corrected chi connectivity index (χ0v) is 10.6. The van der Waals surface area contributed by atoms with E-state index in [0.717, 1.165) is 20.3 Å². The van der Waals surface area contributed by atoms with E-state index in [9.17, 15) is 22.4 Å². The van der Waals surface area contributed by atoms with Crippen LogP contribution in [0.15, 0.2) is 6.07 Å². The van der Waals surface area contributed by atoms with Gasteiger partial charge in [0.2, 0.25) is 0 Å². The van der Waals surface area contributed by atoms with E-state index in [1.807, 2.05) is 0 Å². The van der Waals surface area contributed by atoms with Crippen LogP contribution in [-0.2, 0) is 22.6 Å². The molecule has 0 radical (unpaired) electrons. The van der Waals surface area contributed by atoms with Gasteiger partial charge in [-0.25, -0.2) is 9.37 Å². The van der Waals surface area contributed by atoms with Gasteiger partial charge < -0.3 is 14.2 Å². The van der Waals surface area contributed by atoms with Crippen LogP contribution in [0.25, 0.3) is 0 Å². The van der Waals surface area contributed by atoms with Gasteiger partial charge in [-0.1, -0.05) is 0 Å². The Morgan fingerprint density at radius 1 is 1.35 bits per heavy atom. The minimum atomic E-state index is -4.96. The molecule has 0 aliphatic carbocycles. The molecule has 20 heavy (non-hydrogen) atoms. The molecule has 1 aromatic rings. The maximum atomic E-state index is 12.8. The summed E-state index contributed by atoms with van der Waals surface area (Å²) in [5.74, 6) is -2.02. The van der Waals surface area contributed by atoms with E-state index >= 15 is 0 Å². The fraction of sp³-hybridized carbons (Fsp3) is 0.455. The van der Waals surface area contributed by atoms with E-state index in [4.69, 9.17) is 0 Å². The largest absolute Gasteiger partial charge is 0.573 e. The van der Waals surface area contributed by atoms with E-state index in [0.29, 0.717) is 0 Å². The number of carbonyl (C=O) groups excluding carboxylic acids is 1. The van der Waals surface area contributed by atoms with Crippen molar-refractivity contribution in [3.05, 3.63) is 17.3 Å². The summed E-state index contributed by atoms with van der Waals surface area (Å²) >= 11 is 0. The number of nitrogens with zero attached hydrogens (tertiary/aromatic N) is 1. The Labute approximate surface area is 111 Å². The molecule has 0 spiro atoms. The van der Waals surface area contributed by atoms with Gasteiger partial charge in [-0.2, -0.15) is 0 Å². The average molecular weight is 297 g/mol. The van der Waals surface area contributed by atoms with Crippen LogP contribution in [-0.4, -0.2) is 31.5 Å². The van der Waals surface area contributed by atoms with Gasteiger partial charge in [0, 0.05) is 0 Å². The van der Waals surface area contributed by atoms with Gasteiger partial charge in [0.1, 0.15) is 6.67 Å². The molecule has 1 heterocycles. The van der Waals surface area contributed by atoms with Crippen molar-refractivity contribution >= 4 is 5.97 Å². The van der Waals surface area contributed by atoms with Crippen LogP contribution in [0.5, 0.6) is 11.6 Å². The van der Waals surface area contributed by atoms with E-state index < -0.39 is 37.1 Å². The summed E-state index contributed by atoms with van der Waals surface area (Å²) in [5.41, 5.74) is -0.291. The van der Waals surface area contributed by atoms with E-state index in [1.54, 1.807) is 0 Å². The maximum absolute atomic E-state index is 12.8. The zero-order chi connectivity index (χ0) is 15.3. The van der Waals surface area contributed by atoms with Crippen molar-refractivity contribution in [3.8, 4) is 11.6 Å². The lowest BCUT2D eigenvalue weighted by atomic mass is 10.1. The standard InChI is InChI=1S/C11H11F4NO4/c1-18-9(17)4-6-3-8(20-11(13,14)15)10(19-2)16-7(6)5-12/h3H,4-5H2,1-2H3. The second-order valence-corrected chi connectivity index (χ2v) is 3.54. The number of methoxy groups -OCH3 is 2. The highest BCUT2D eigenvalue weighted by atomic mass is 19.4. The van der Waals surface area contributed by atoms with Gasteiger partial charge in [-0.05, 0) is 11.6 Å². The molecule has 0 bridgehead atoms. The number of carbonyl (C=O) groups is 1. The molecule has 9 heteroatoms. The molecule has 0 unspecified atom stereocenters. The highest BCUT2D eigenvalue weighted by Crippen LogP contribution is 2.32. The minimum absolute atomic E-state index is 0.0700. The third-order valence-electron chi connectivity index (χ3n) is 2.23. The van der Waals surface area contributed by atoms with Gasteiger partial charge in [-0.3, -0.25) is 4.79 Å². The van der Waals surface area contributed by atoms with Crippen molar-refractivity contribution in [1.29, 1.82) is 0 Å². The lowest BCUT2D eigenvalue weighted by Gasteiger charge is -2.14. The Bertz CT molecular complexity index is 490. The third kappa shape index (κ3) is 4.25. The molecule has 0 aliphatic rings. The average Bonchev–Trinajstić information content (AvgIpc) is 2.37. The summed E-state index contributed by atoms with van der Waals surface area (Å²) in [7, 11) is 2.16. The monoisotopic (exact) mass is 297 g/mol. The summed E-state index contributed by atoms with van der Waals surface area (Å²) < 4.78 is 62.2. The number of rotatable bonds is 5. The van der Waals surface area contributed by atoms with Gasteiger partial charge in [0.05, 0.1) is 26.3 Å². The lowest BCUT2D eigenvalue weighted by Crippen LogP contribution is -2.19. The third-order valence-corrected chi connectivity index (χ3v) is 2.23. The molecule has 0 saturated carbocycles. The first-order valence-electron chi connectivity index (χ1n) is 5.26. The van der Waals surface area contributed by atoms with Crippen molar-refractivity contribution in [2.75, 3.05) is 14.2 Å². The van der Waals surface area contributed by atoms with Crippen molar-refractivity contribution in [1.82, 2.24) is 4.98 Å². The van der Waals surface area contributed by atoms with E-state index in [1.165, 1.54) is 0 Å². The van der Waals surface area contributed by atoms with Crippen LogP contribution in [0, 0.1) is 0 Å². The number of ether oxygens (including phenoxy) is 3. The van der Waals surface area contributed by atoms with Gasteiger partial charge in [0.25, 0.3) is 5.88 Å². The first-order valence-corrected chi connectivity index (χ1v) is 5.26. The summed E-state index contributed by atoms with van der Waals surface area (Å²) in [6.07, 6.45) is -5.39. The topological polar surface area (TPSA) is 57.7 Å². The first-order chi connectivity index (χ1) is 9.30. The van der Waals surface area contributed by atoms with Crippen LogP contribution in [0.4, 0.5) is 17.6 Å². The Morgan fingerprint density at radius 2 is 2.00 bits per heavy atom. The predicted octanol–water partition coefficient (Wildman–Crippen LogP) is 2.17. The molecule has 0 atom stereocenters. The van der Waals surface area contributed by atoms with Crippen LogP contribution in [0.3, 0.4) is 0 Å². The molecule has 0 fully saturated rings. The number of pyridine rings is 1. The summed E-state index contributed by atoms with van der Waals surface area (Å²) in [6, 6.07) is 0.852. The van der Waals surface area contributed by atoms with Crippen LogP contribution in [0.1, 0.15) is 11.3 Å². The lowest BCUT2D eigenvalue weighted by molar-refractivity contribution is -0.275. The van der Waals surface area contributed by atoms with E-state index in [2.05, 4.69) is 19.2 Å². The Kier molecular flexibility index (Phi) is 5.12. The Morgan fingerprint density at radius 3 is 2.45 bits per heavy atom. The molecule has 112 valence electrons. The normalized spacial score (nSPS) is 11.1. The molecule has 0 N–H and O–H groups in total. The molecule has 5 nitrogen and oxygen atoms in total. The minimum Gasteiger partial charge on any atom is -0.478 e. The van der Waals surface area contributed by atoms with Crippen molar-refractivity contribution in [2.24, 2.45) is 0 Å². The fourth-order valence-electron chi connectivity index (χ4n) is 1.39. The van der Waals surface area contributed by atoms with Crippen molar-refractivity contribution in [3.63, 3.8) is 0 Å². The molecular weight excluding hydrogens is 286 g/mol. The number of aromatic nitrogens is 1.